The van der Waals surface area contributed by atoms with E-state index in [1.807, 2.05) is 31.2 Å². The quantitative estimate of drug-likeness (QED) is 0.830. The van der Waals surface area contributed by atoms with E-state index in [9.17, 15) is 4.79 Å². The van der Waals surface area contributed by atoms with E-state index in [1.165, 1.54) is 7.11 Å². The molecule has 0 saturated heterocycles. The van der Waals surface area contributed by atoms with Crippen LogP contribution in [0.25, 0.3) is 0 Å². The number of nitrogens with two attached hydrogens (primary N) is 1. The average Bonchev–Trinajstić information content (AvgIpc) is 2.42. The molecule has 19 heavy (non-hydrogen) atoms. The molecule has 0 aliphatic carbocycles. The molecule has 2 rings (SSSR count). The summed E-state index contributed by atoms with van der Waals surface area (Å²) in [5.41, 5.74) is 8.54. The second kappa shape index (κ2) is 5.44. The van der Waals surface area contributed by atoms with Crippen LogP contribution < -0.4 is 15.8 Å². The number of benzene rings is 2. The van der Waals surface area contributed by atoms with Crippen LogP contribution in [0.3, 0.4) is 0 Å². The van der Waals surface area contributed by atoms with E-state index in [2.05, 4.69) is 5.32 Å². The Labute approximate surface area is 112 Å². The first-order valence-electron chi connectivity index (χ1n) is 5.92. The normalized spacial score (nSPS) is 10.0. The molecule has 1 amide bonds. The van der Waals surface area contributed by atoms with E-state index in [-0.39, 0.29) is 5.91 Å². The number of nitrogens with one attached hydrogen (secondary N) is 1. The number of para-hydroxylation sites is 1. The van der Waals surface area contributed by atoms with E-state index in [0.717, 1.165) is 11.3 Å². The number of methoxy groups -OCH3 is 1. The number of ether oxygens (including phenoxy) is 1. The predicted molar refractivity (Wildman–Crippen MR) is 76.5 cm³/mol. The van der Waals surface area contributed by atoms with Crippen molar-refractivity contribution in [3.8, 4) is 5.75 Å². The van der Waals surface area contributed by atoms with Crippen molar-refractivity contribution >= 4 is 17.3 Å². The smallest absolute Gasteiger partial charge is 0.255 e. The fourth-order valence-corrected chi connectivity index (χ4v) is 1.76. The summed E-state index contributed by atoms with van der Waals surface area (Å²) in [6, 6.07) is 12.6. The van der Waals surface area contributed by atoms with E-state index < -0.39 is 0 Å². The molecule has 4 nitrogen and oxygen atoms in total. The topological polar surface area (TPSA) is 64.3 Å². The fourth-order valence-electron chi connectivity index (χ4n) is 1.76. The molecular formula is C15H16N2O2. The highest BCUT2D eigenvalue weighted by atomic mass is 16.5. The van der Waals surface area contributed by atoms with Gasteiger partial charge in [-0.25, -0.2) is 0 Å². The Bertz CT molecular complexity index is 609. The Morgan fingerprint density at radius 1 is 1.21 bits per heavy atom. The second-order valence-corrected chi connectivity index (χ2v) is 4.23. The molecule has 0 heterocycles. The molecule has 0 fully saturated rings. The van der Waals surface area contributed by atoms with Crippen molar-refractivity contribution in [3.05, 3.63) is 53.6 Å². The standard InChI is InChI=1S/C15H16N2O2/c1-10-5-3-4-6-13(10)17-15(18)11-7-8-12(16)14(9-11)19-2/h3-9H,16H2,1-2H3,(H,17,18). The predicted octanol–water partition coefficient (Wildman–Crippen LogP) is 2.84. The van der Waals surface area contributed by atoms with Crippen molar-refractivity contribution in [2.75, 3.05) is 18.2 Å². The number of anilines is 2. The van der Waals surface area contributed by atoms with Gasteiger partial charge in [0.2, 0.25) is 0 Å². The molecule has 2 aromatic rings. The van der Waals surface area contributed by atoms with Crippen molar-refractivity contribution in [2.45, 2.75) is 6.92 Å². The zero-order valence-electron chi connectivity index (χ0n) is 10.9. The molecule has 3 N–H and O–H groups in total. The number of hydrogen-bond donors (Lipinski definition) is 2. The van der Waals surface area contributed by atoms with Crippen molar-refractivity contribution in [2.24, 2.45) is 0 Å². The van der Waals surface area contributed by atoms with Crippen LogP contribution >= 0.6 is 0 Å². The molecular weight excluding hydrogens is 240 g/mol. The lowest BCUT2D eigenvalue weighted by Crippen LogP contribution is -2.13. The van der Waals surface area contributed by atoms with Gasteiger partial charge in [0.25, 0.3) is 5.91 Å². The van der Waals surface area contributed by atoms with Crippen molar-refractivity contribution in [3.63, 3.8) is 0 Å². The molecule has 0 saturated carbocycles. The van der Waals surface area contributed by atoms with Crippen LogP contribution in [0.1, 0.15) is 15.9 Å². The summed E-state index contributed by atoms with van der Waals surface area (Å²) in [6.45, 7) is 1.94. The first-order chi connectivity index (χ1) is 9.11. The molecule has 0 aromatic heterocycles. The number of carbonyl (C=O) groups is 1. The Morgan fingerprint density at radius 2 is 1.95 bits per heavy atom. The Balaban J connectivity index is 2.23. The minimum atomic E-state index is -0.187. The summed E-state index contributed by atoms with van der Waals surface area (Å²) >= 11 is 0. The summed E-state index contributed by atoms with van der Waals surface area (Å²) in [7, 11) is 1.52. The lowest BCUT2D eigenvalue weighted by Gasteiger charge is -2.10. The van der Waals surface area contributed by atoms with Crippen LogP contribution in [0.5, 0.6) is 5.75 Å². The van der Waals surface area contributed by atoms with Crippen LogP contribution in [0.4, 0.5) is 11.4 Å². The Kier molecular flexibility index (Phi) is 3.71. The van der Waals surface area contributed by atoms with Crippen molar-refractivity contribution in [1.29, 1.82) is 0 Å². The SMILES string of the molecule is COc1cc(C(=O)Nc2ccccc2C)ccc1N. The molecule has 0 aliphatic heterocycles. The van der Waals surface area contributed by atoms with Gasteiger partial charge in [-0.1, -0.05) is 18.2 Å². The molecule has 2 aromatic carbocycles. The zero-order chi connectivity index (χ0) is 13.8. The van der Waals surface area contributed by atoms with Gasteiger partial charge in [0, 0.05) is 11.3 Å². The molecule has 98 valence electrons. The lowest BCUT2D eigenvalue weighted by atomic mass is 10.1. The van der Waals surface area contributed by atoms with Crippen LogP contribution in [-0.4, -0.2) is 13.0 Å². The number of hydrogen-bond acceptors (Lipinski definition) is 3. The highest BCUT2D eigenvalue weighted by molar-refractivity contribution is 6.05. The van der Waals surface area contributed by atoms with Crippen LogP contribution in [0.2, 0.25) is 0 Å². The third kappa shape index (κ3) is 2.85. The molecule has 0 aliphatic rings. The number of carbonyl (C=O) groups excluding carboxylic acids is 1. The number of aryl methyl sites for hydroxylation is 1. The number of amides is 1. The van der Waals surface area contributed by atoms with Gasteiger partial charge in [0.1, 0.15) is 5.75 Å². The third-order valence-electron chi connectivity index (χ3n) is 2.89. The minimum absolute atomic E-state index is 0.187. The van der Waals surface area contributed by atoms with Crippen LogP contribution in [-0.2, 0) is 0 Å². The van der Waals surface area contributed by atoms with E-state index in [0.29, 0.717) is 17.0 Å². The van der Waals surface area contributed by atoms with Gasteiger partial charge in [-0.3, -0.25) is 4.79 Å². The maximum Gasteiger partial charge on any atom is 0.255 e. The summed E-state index contributed by atoms with van der Waals surface area (Å²) in [4.78, 5) is 12.1. The zero-order valence-corrected chi connectivity index (χ0v) is 10.9. The van der Waals surface area contributed by atoms with Gasteiger partial charge in [0.15, 0.2) is 0 Å². The third-order valence-corrected chi connectivity index (χ3v) is 2.89. The van der Waals surface area contributed by atoms with E-state index >= 15 is 0 Å². The van der Waals surface area contributed by atoms with E-state index in [1.54, 1.807) is 18.2 Å². The molecule has 0 spiro atoms. The molecule has 0 unspecified atom stereocenters. The first-order valence-corrected chi connectivity index (χ1v) is 5.92. The second-order valence-electron chi connectivity index (χ2n) is 4.23. The first kappa shape index (κ1) is 13.0. The Morgan fingerprint density at radius 3 is 2.63 bits per heavy atom. The van der Waals surface area contributed by atoms with Crippen LogP contribution in [0, 0.1) is 6.92 Å². The summed E-state index contributed by atoms with van der Waals surface area (Å²) in [5.74, 6) is 0.310. The number of rotatable bonds is 3. The maximum absolute atomic E-state index is 12.1. The molecule has 0 radical (unpaired) electrons. The van der Waals surface area contributed by atoms with E-state index in [4.69, 9.17) is 10.5 Å². The van der Waals surface area contributed by atoms with Gasteiger partial charge in [-0.2, -0.15) is 0 Å². The van der Waals surface area contributed by atoms with Crippen molar-refractivity contribution in [1.82, 2.24) is 0 Å². The fraction of sp³-hybridized carbons (Fsp3) is 0.133. The monoisotopic (exact) mass is 256 g/mol. The highest BCUT2D eigenvalue weighted by Gasteiger charge is 2.10. The average molecular weight is 256 g/mol. The molecule has 0 bridgehead atoms. The Hall–Kier alpha value is -2.49. The van der Waals surface area contributed by atoms with Gasteiger partial charge in [0.05, 0.1) is 12.8 Å². The number of nitrogen functional groups attached to an aromatic ring is 1. The summed E-state index contributed by atoms with van der Waals surface area (Å²) in [5, 5.41) is 2.86. The van der Waals surface area contributed by atoms with Gasteiger partial charge < -0.3 is 15.8 Å². The van der Waals surface area contributed by atoms with Crippen molar-refractivity contribution < 1.29 is 9.53 Å². The minimum Gasteiger partial charge on any atom is -0.495 e. The summed E-state index contributed by atoms with van der Waals surface area (Å²) < 4.78 is 5.10. The van der Waals surface area contributed by atoms with Gasteiger partial charge >= 0.3 is 0 Å². The van der Waals surface area contributed by atoms with Gasteiger partial charge in [-0.05, 0) is 36.8 Å². The summed E-state index contributed by atoms with van der Waals surface area (Å²) in [6.07, 6.45) is 0. The van der Waals surface area contributed by atoms with Crippen LogP contribution in [0.15, 0.2) is 42.5 Å². The molecule has 4 heteroatoms. The highest BCUT2D eigenvalue weighted by Crippen LogP contribution is 2.23. The molecule has 0 atom stereocenters. The van der Waals surface area contributed by atoms with Gasteiger partial charge in [-0.15, -0.1) is 0 Å². The maximum atomic E-state index is 12.1. The lowest BCUT2D eigenvalue weighted by molar-refractivity contribution is 0.102. The largest absolute Gasteiger partial charge is 0.495 e.